The Balaban J connectivity index is 1.40. The third kappa shape index (κ3) is 2.90. The van der Waals surface area contributed by atoms with Gasteiger partial charge in [-0.3, -0.25) is 9.69 Å². The first kappa shape index (κ1) is 16.8. The third-order valence-electron chi connectivity index (χ3n) is 5.27. The minimum absolute atomic E-state index is 0.00517. The van der Waals surface area contributed by atoms with Gasteiger partial charge in [-0.15, -0.1) is 0 Å². The molecule has 1 heterocycles. The van der Waals surface area contributed by atoms with E-state index in [1.807, 2.05) is 42.5 Å². The number of β-amino-alcohol motifs (C(OH)–C–C–N with tert-alkyl or cyclic N) is 1. The fourth-order valence-electron chi connectivity index (χ4n) is 3.59. The van der Waals surface area contributed by atoms with Gasteiger partial charge in [-0.05, 0) is 37.1 Å². The molecule has 0 spiro atoms. The molecule has 2 atom stereocenters. The lowest BCUT2D eigenvalue weighted by Crippen LogP contribution is -2.46. The minimum Gasteiger partial charge on any atom is -0.490 e. The van der Waals surface area contributed by atoms with Crippen LogP contribution >= 0.6 is 0 Å². The summed E-state index contributed by atoms with van der Waals surface area (Å²) < 4.78 is 5.75. The fraction of sp³-hybridized carbons (Fsp3) is 0.400. The van der Waals surface area contributed by atoms with Gasteiger partial charge in [-0.2, -0.15) is 0 Å². The number of benzene rings is 2. The summed E-state index contributed by atoms with van der Waals surface area (Å²) >= 11 is 0. The van der Waals surface area contributed by atoms with Crippen LogP contribution in [-0.4, -0.2) is 46.7 Å². The zero-order valence-electron chi connectivity index (χ0n) is 14.6. The number of nitrogens with zero attached hydrogens (tertiary/aromatic N) is 1. The second kappa shape index (κ2) is 6.29. The van der Waals surface area contributed by atoms with E-state index in [0.29, 0.717) is 5.75 Å². The maximum Gasteiger partial charge on any atom is 0.325 e. The predicted octanol–water partition coefficient (Wildman–Crippen LogP) is 2.30. The number of fused-ring (bicyclic) bond motifs is 1. The smallest absolute Gasteiger partial charge is 0.325 e. The summed E-state index contributed by atoms with van der Waals surface area (Å²) in [4.78, 5) is 25.9. The van der Waals surface area contributed by atoms with Crippen LogP contribution in [0.4, 0.5) is 4.79 Å². The molecule has 2 fully saturated rings. The number of carbonyl (C=O) groups is 2. The molecular weight excluding hydrogens is 332 g/mol. The summed E-state index contributed by atoms with van der Waals surface area (Å²) in [5.74, 6) is 0.615. The van der Waals surface area contributed by atoms with E-state index in [9.17, 15) is 14.7 Å². The van der Waals surface area contributed by atoms with Crippen molar-refractivity contribution in [2.75, 3.05) is 13.2 Å². The van der Waals surface area contributed by atoms with Crippen molar-refractivity contribution in [2.24, 2.45) is 5.92 Å². The number of carbonyl (C=O) groups excluding carboxylic acids is 2. The molecular formula is C20H22N2O4. The molecule has 0 aromatic heterocycles. The number of rotatable bonds is 6. The van der Waals surface area contributed by atoms with Crippen LogP contribution in [0, 0.1) is 5.92 Å². The van der Waals surface area contributed by atoms with E-state index in [2.05, 4.69) is 5.32 Å². The molecule has 2 aromatic carbocycles. The first-order valence-electron chi connectivity index (χ1n) is 8.92. The van der Waals surface area contributed by atoms with Crippen molar-refractivity contribution in [2.45, 2.75) is 31.4 Å². The second-order valence-corrected chi connectivity index (χ2v) is 7.26. The van der Waals surface area contributed by atoms with Gasteiger partial charge in [0.1, 0.15) is 24.0 Å². The Bertz CT molecular complexity index is 859. The van der Waals surface area contributed by atoms with E-state index in [-0.39, 0.29) is 25.0 Å². The molecule has 3 amide bonds. The normalized spacial score (nSPS) is 24.0. The molecule has 0 bridgehead atoms. The highest BCUT2D eigenvalue weighted by molar-refractivity contribution is 6.07. The van der Waals surface area contributed by atoms with Crippen LogP contribution in [0.2, 0.25) is 0 Å². The molecule has 2 aliphatic rings. The van der Waals surface area contributed by atoms with Crippen LogP contribution in [0.15, 0.2) is 42.5 Å². The van der Waals surface area contributed by atoms with Crippen molar-refractivity contribution in [3.05, 3.63) is 42.5 Å². The number of ether oxygens (including phenoxy) is 1. The second-order valence-electron chi connectivity index (χ2n) is 7.26. The summed E-state index contributed by atoms with van der Waals surface area (Å²) in [6.45, 7) is 1.70. The molecule has 6 heteroatoms. The number of nitrogens with one attached hydrogen (secondary N) is 1. The van der Waals surface area contributed by atoms with E-state index < -0.39 is 17.7 Å². The van der Waals surface area contributed by atoms with Crippen LogP contribution in [0.1, 0.15) is 19.8 Å². The Kier molecular flexibility index (Phi) is 4.07. The molecule has 0 radical (unpaired) electrons. The summed E-state index contributed by atoms with van der Waals surface area (Å²) in [7, 11) is 0. The monoisotopic (exact) mass is 354 g/mol. The average molecular weight is 354 g/mol. The van der Waals surface area contributed by atoms with Gasteiger partial charge in [0.05, 0.1) is 6.54 Å². The van der Waals surface area contributed by atoms with Crippen molar-refractivity contribution in [1.82, 2.24) is 10.2 Å². The highest BCUT2D eigenvalue weighted by Crippen LogP contribution is 2.42. The molecule has 6 nitrogen and oxygen atoms in total. The van der Waals surface area contributed by atoms with E-state index in [0.717, 1.165) is 28.5 Å². The fourth-order valence-corrected chi connectivity index (χ4v) is 3.59. The standard InChI is InChI=1S/C20H22N2O4/c1-20(14-9-10-14)18(24)22(19(25)21-20)11-15(23)12-26-17-8-4-6-13-5-2-3-7-16(13)17/h2-8,14-15,23H,9-12H2,1H3,(H,21,25)/t15-,20-/m1/s1. The number of aliphatic hydroxyl groups is 1. The number of aliphatic hydroxyl groups excluding tert-OH is 1. The van der Waals surface area contributed by atoms with Gasteiger partial charge in [0.2, 0.25) is 0 Å². The van der Waals surface area contributed by atoms with E-state index in [4.69, 9.17) is 4.74 Å². The maximum absolute atomic E-state index is 12.6. The zero-order chi connectivity index (χ0) is 18.3. The maximum atomic E-state index is 12.6. The summed E-state index contributed by atoms with van der Waals surface area (Å²) in [5, 5.41) is 15.1. The van der Waals surface area contributed by atoms with Crippen LogP contribution in [0.25, 0.3) is 10.8 Å². The number of urea groups is 1. The highest BCUT2D eigenvalue weighted by Gasteiger charge is 2.56. The van der Waals surface area contributed by atoms with E-state index in [1.54, 1.807) is 6.92 Å². The predicted molar refractivity (Wildman–Crippen MR) is 96.8 cm³/mol. The van der Waals surface area contributed by atoms with Crippen LogP contribution in [0.5, 0.6) is 5.75 Å². The van der Waals surface area contributed by atoms with Gasteiger partial charge in [-0.1, -0.05) is 36.4 Å². The first-order valence-corrected chi connectivity index (χ1v) is 8.92. The third-order valence-corrected chi connectivity index (χ3v) is 5.27. The van der Waals surface area contributed by atoms with Gasteiger partial charge < -0.3 is 15.2 Å². The first-order chi connectivity index (χ1) is 12.5. The van der Waals surface area contributed by atoms with Crippen LogP contribution in [0.3, 0.4) is 0 Å². The Morgan fingerprint density at radius 3 is 2.73 bits per heavy atom. The molecule has 2 aromatic rings. The molecule has 136 valence electrons. The molecule has 2 N–H and O–H groups in total. The average Bonchev–Trinajstić information content (AvgIpc) is 3.46. The van der Waals surface area contributed by atoms with Crippen molar-refractivity contribution >= 4 is 22.7 Å². The van der Waals surface area contributed by atoms with Crippen molar-refractivity contribution < 1.29 is 19.4 Å². The molecule has 1 aliphatic carbocycles. The molecule has 26 heavy (non-hydrogen) atoms. The summed E-state index contributed by atoms with van der Waals surface area (Å²) in [5.41, 5.74) is -0.826. The number of amides is 3. The van der Waals surface area contributed by atoms with Gasteiger partial charge in [0.15, 0.2) is 0 Å². The quantitative estimate of drug-likeness (QED) is 0.780. The van der Waals surface area contributed by atoms with Crippen molar-refractivity contribution in [3.8, 4) is 5.75 Å². The minimum atomic E-state index is -0.953. The lowest BCUT2D eigenvalue weighted by Gasteiger charge is -2.22. The van der Waals surface area contributed by atoms with E-state index in [1.165, 1.54) is 0 Å². The zero-order valence-corrected chi connectivity index (χ0v) is 14.6. The molecule has 1 saturated carbocycles. The van der Waals surface area contributed by atoms with Gasteiger partial charge in [-0.25, -0.2) is 4.79 Å². The molecule has 0 unspecified atom stereocenters. The van der Waals surface area contributed by atoms with E-state index >= 15 is 0 Å². The molecule has 1 aliphatic heterocycles. The Hall–Kier alpha value is -2.60. The molecule has 4 rings (SSSR count). The van der Waals surface area contributed by atoms with Crippen molar-refractivity contribution in [1.29, 1.82) is 0 Å². The van der Waals surface area contributed by atoms with Crippen molar-refractivity contribution in [3.63, 3.8) is 0 Å². The SMILES string of the molecule is C[C@]1(C2CC2)NC(=O)N(C[C@@H](O)COc2cccc3ccccc23)C1=O. The summed E-state index contributed by atoms with van der Waals surface area (Å²) in [6, 6.07) is 13.1. The lowest BCUT2D eigenvalue weighted by molar-refractivity contribution is -0.132. The summed E-state index contributed by atoms with van der Waals surface area (Å²) in [6.07, 6.45) is 0.942. The van der Waals surface area contributed by atoms with Crippen LogP contribution < -0.4 is 10.1 Å². The number of hydrogen-bond donors (Lipinski definition) is 2. The topological polar surface area (TPSA) is 78.9 Å². The Morgan fingerprint density at radius 1 is 1.23 bits per heavy atom. The van der Waals surface area contributed by atoms with Gasteiger partial charge in [0, 0.05) is 5.39 Å². The highest BCUT2D eigenvalue weighted by atomic mass is 16.5. The lowest BCUT2D eigenvalue weighted by atomic mass is 9.96. The van der Waals surface area contributed by atoms with Gasteiger partial charge >= 0.3 is 6.03 Å². The van der Waals surface area contributed by atoms with Crippen LogP contribution in [-0.2, 0) is 4.79 Å². The number of imide groups is 1. The largest absolute Gasteiger partial charge is 0.490 e. The number of hydrogen-bond acceptors (Lipinski definition) is 4. The molecule has 1 saturated heterocycles. The Morgan fingerprint density at radius 2 is 1.96 bits per heavy atom. The van der Waals surface area contributed by atoms with Gasteiger partial charge in [0.25, 0.3) is 5.91 Å². The Labute approximate surface area is 151 Å².